The maximum Gasteiger partial charge on any atom is 0.334 e. The number of allylic oxidation sites excluding steroid dienone is 2. The quantitative estimate of drug-likeness (QED) is 0.577. The first kappa shape index (κ1) is 8.55. The smallest absolute Gasteiger partial charge is 0.329 e. The van der Waals surface area contributed by atoms with E-state index in [0.29, 0.717) is 12.4 Å². The zero-order chi connectivity index (χ0) is 9.97. The van der Waals surface area contributed by atoms with Gasteiger partial charge in [0.25, 0.3) is 0 Å². The molecule has 0 radical (unpaired) electrons. The average Bonchev–Trinajstić information content (AvgIpc) is 2.27. The lowest BCUT2D eigenvalue weighted by molar-refractivity contribution is -0.114. The summed E-state index contributed by atoms with van der Waals surface area (Å²) < 4.78 is 0. The Morgan fingerprint density at radius 2 is 2.36 bits per heavy atom. The van der Waals surface area contributed by atoms with Crippen LogP contribution in [0.1, 0.15) is 0 Å². The minimum absolute atomic E-state index is 0.117. The van der Waals surface area contributed by atoms with E-state index < -0.39 is 5.91 Å². The van der Waals surface area contributed by atoms with Gasteiger partial charge in [0, 0.05) is 17.9 Å². The van der Waals surface area contributed by atoms with Gasteiger partial charge in [0.15, 0.2) is 0 Å². The molecule has 0 atom stereocenters. The van der Waals surface area contributed by atoms with Crippen LogP contribution in [0, 0.1) is 4.91 Å². The fourth-order valence-electron chi connectivity index (χ4n) is 1.26. The third-order valence-electron chi connectivity index (χ3n) is 1.94. The monoisotopic (exact) mass is 189 g/mol. The molecule has 70 valence electrons. The van der Waals surface area contributed by atoms with Gasteiger partial charge in [-0.25, -0.2) is 4.99 Å². The predicted octanol–water partition coefficient (Wildman–Crippen LogP) is 0.961. The topological polar surface area (TPSA) is 62.1 Å². The molecule has 0 aromatic rings. The highest BCUT2D eigenvalue weighted by atomic mass is 16.3. The van der Waals surface area contributed by atoms with Crippen LogP contribution >= 0.6 is 0 Å². The molecular weight excluding hydrogens is 182 g/mol. The molecular formula is C9H7N3O2. The Kier molecular flexibility index (Phi) is 2.06. The lowest BCUT2D eigenvalue weighted by atomic mass is 10.2. The Hall–Kier alpha value is -2.04. The number of amidine groups is 1. The van der Waals surface area contributed by atoms with Crippen LogP contribution in [0.2, 0.25) is 0 Å². The number of hydrogen-bond donors (Lipinski definition) is 0. The van der Waals surface area contributed by atoms with Crippen LogP contribution < -0.4 is 0 Å². The largest absolute Gasteiger partial charge is 0.334 e. The Morgan fingerprint density at radius 1 is 1.50 bits per heavy atom. The number of carbonyl (C=O) groups excluding carboxylic acids is 1. The molecule has 0 aromatic carbocycles. The van der Waals surface area contributed by atoms with Crippen LogP contribution in [0.25, 0.3) is 0 Å². The van der Waals surface area contributed by atoms with E-state index in [4.69, 9.17) is 0 Å². The van der Waals surface area contributed by atoms with Crippen molar-refractivity contribution >= 4 is 11.7 Å². The highest BCUT2D eigenvalue weighted by molar-refractivity contribution is 6.02. The third kappa shape index (κ3) is 1.39. The van der Waals surface area contributed by atoms with Gasteiger partial charge in [-0.15, -0.1) is 4.91 Å². The van der Waals surface area contributed by atoms with Crippen molar-refractivity contribution in [3.05, 3.63) is 41.1 Å². The first-order chi connectivity index (χ1) is 6.81. The number of rotatable bonds is 1. The van der Waals surface area contributed by atoms with Gasteiger partial charge in [-0.2, -0.15) is 0 Å². The van der Waals surface area contributed by atoms with Gasteiger partial charge in [0.1, 0.15) is 11.5 Å². The maximum atomic E-state index is 10.9. The SMILES string of the molecule is O=NC(=O)C1=CCN2C=CC=CC2=N1. The van der Waals surface area contributed by atoms with E-state index in [-0.39, 0.29) is 5.70 Å². The van der Waals surface area contributed by atoms with Crippen molar-refractivity contribution < 1.29 is 4.79 Å². The second kappa shape index (κ2) is 3.37. The number of nitrogens with zero attached hydrogens (tertiary/aromatic N) is 3. The molecule has 1 amide bonds. The van der Waals surface area contributed by atoms with Gasteiger partial charge in [0.05, 0.1) is 0 Å². The predicted molar refractivity (Wildman–Crippen MR) is 51.3 cm³/mol. The van der Waals surface area contributed by atoms with Crippen molar-refractivity contribution in [1.82, 2.24) is 4.90 Å². The van der Waals surface area contributed by atoms with E-state index in [2.05, 4.69) is 10.2 Å². The van der Waals surface area contributed by atoms with E-state index in [1.165, 1.54) is 0 Å². The zero-order valence-corrected chi connectivity index (χ0v) is 7.25. The second-order valence-electron chi connectivity index (χ2n) is 2.81. The van der Waals surface area contributed by atoms with Crippen LogP contribution in [0.15, 0.2) is 46.4 Å². The normalized spacial score (nSPS) is 18.4. The van der Waals surface area contributed by atoms with Crippen molar-refractivity contribution in [1.29, 1.82) is 0 Å². The fraction of sp³-hybridized carbons (Fsp3) is 0.111. The minimum Gasteiger partial charge on any atom is -0.329 e. The minimum atomic E-state index is -0.819. The fourth-order valence-corrected chi connectivity index (χ4v) is 1.26. The summed E-state index contributed by atoms with van der Waals surface area (Å²) in [6.07, 6.45) is 8.89. The summed E-state index contributed by atoms with van der Waals surface area (Å²) in [6, 6.07) is 0. The molecule has 0 aliphatic carbocycles. The van der Waals surface area contributed by atoms with Gasteiger partial charge in [0.2, 0.25) is 0 Å². The molecule has 0 fully saturated rings. The van der Waals surface area contributed by atoms with Crippen molar-refractivity contribution in [2.24, 2.45) is 10.2 Å². The molecule has 2 aliphatic rings. The summed E-state index contributed by atoms with van der Waals surface area (Å²) in [5, 5.41) is 2.32. The van der Waals surface area contributed by atoms with E-state index in [1.807, 2.05) is 23.3 Å². The molecule has 0 unspecified atom stereocenters. The van der Waals surface area contributed by atoms with Gasteiger partial charge < -0.3 is 4.90 Å². The summed E-state index contributed by atoms with van der Waals surface area (Å²) >= 11 is 0. The van der Waals surface area contributed by atoms with E-state index in [1.54, 1.807) is 12.2 Å². The molecule has 14 heavy (non-hydrogen) atoms. The number of hydrogen-bond acceptors (Lipinski definition) is 4. The summed E-state index contributed by atoms with van der Waals surface area (Å²) in [4.78, 5) is 26.8. The second-order valence-corrected chi connectivity index (χ2v) is 2.81. The van der Waals surface area contributed by atoms with Crippen molar-refractivity contribution in [2.45, 2.75) is 0 Å². The lowest BCUT2D eigenvalue weighted by Crippen LogP contribution is -2.29. The average molecular weight is 189 g/mol. The van der Waals surface area contributed by atoms with Crippen LogP contribution in [0.4, 0.5) is 0 Å². The van der Waals surface area contributed by atoms with Gasteiger partial charge in [-0.05, 0) is 18.2 Å². The van der Waals surface area contributed by atoms with Gasteiger partial charge >= 0.3 is 5.91 Å². The number of amides is 1. The Bertz CT molecular complexity index is 404. The molecule has 0 spiro atoms. The number of nitroso groups, excluding NO2 is 1. The highest BCUT2D eigenvalue weighted by Gasteiger charge is 2.17. The molecule has 2 rings (SSSR count). The van der Waals surface area contributed by atoms with Gasteiger partial charge in [-0.3, -0.25) is 4.79 Å². The molecule has 0 aromatic heterocycles. The van der Waals surface area contributed by atoms with Crippen molar-refractivity contribution in [3.8, 4) is 0 Å². The van der Waals surface area contributed by atoms with Crippen LogP contribution in [0.5, 0.6) is 0 Å². The summed E-state index contributed by atoms with van der Waals surface area (Å²) in [7, 11) is 0. The molecule has 0 bridgehead atoms. The number of carbonyl (C=O) groups is 1. The molecule has 5 nitrogen and oxygen atoms in total. The Balaban J connectivity index is 2.28. The summed E-state index contributed by atoms with van der Waals surface area (Å²) in [5.41, 5.74) is 0.117. The maximum absolute atomic E-state index is 10.9. The van der Waals surface area contributed by atoms with Crippen LogP contribution in [-0.4, -0.2) is 23.2 Å². The van der Waals surface area contributed by atoms with E-state index >= 15 is 0 Å². The third-order valence-corrected chi connectivity index (χ3v) is 1.94. The van der Waals surface area contributed by atoms with E-state index in [9.17, 15) is 9.70 Å². The van der Waals surface area contributed by atoms with Gasteiger partial charge in [-0.1, -0.05) is 6.08 Å². The first-order valence-electron chi connectivity index (χ1n) is 4.09. The van der Waals surface area contributed by atoms with Crippen molar-refractivity contribution in [2.75, 3.05) is 6.54 Å². The first-order valence-corrected chi connectivity index (χ1v) is 4.09. The molecule has 2 aliphatic heterocycles. The molecule has 0 N–H and O–H groups in total. The standard InChI is InChI=1S/C9H7N3O2/c13-9(11-14)7-4-6-12-5-2-1-3-8(12)10-7/h1-5H,6H2. The lowest BCUT2D eigenvalue weighted by Gasteiger charge is -2.23. The number of aliphatic imine (C=N–C) groups is 1. The summed E-state index contributed by atoms with van der Waals surface area (Å²) in [6.45, 7) is 0.538. The van der Waals surface area contributed by atoms with Crippen molar-refractivity contribution in [3.63, 3.8) is 0 Å². The molecule has 2 heterocycles. The summed E-state index contributed by atoms with van der Waals surface area (Å²) in [5.74, 6) is -0.165. The molecule has 5 heteroatoms. The van der Waals surface area contributed by atoms with Crippen LogP contribution in [0.3, 0.4) is 0 Å². The highest BCUT2D eigenvalue weighted by Crippen LogP contribution is 2.13. The Labute approximate surface area is 80.1 Å². The molecule has 0 saturated carbocycles. The molecule has 0 saturated heterocycles. The Morgan fingerprint density at radius 3 is 3.14 bits per heavy atom. The number of fused-ring (bicyclic) bond motifs is 1. The zero-order valence-electron chi connectivity index (χ0n) is 7.25. The van der Waals surface area contributed by atoms with Crippen LogP contribution in [-0.2, 0) is 4.79 Å². The van der Waals surface area contributed by atoms with E-state index in [0.717, 1.165) is 0 Å².